The first-order chi connectivity index (χ1) is 9.97. The van der Waals surface area contributed by atoms with E-state index in [1.54, 1.807) is 24.3 Å². The first-order valence-corrected chi connectivity index (χ1v) is 6.29. The number of nitrogen functional groups attached to an aromatic ring is 1. The van der Waals surface area contributed by atoms with Gasteiger partial charge in [0.1, 0.15) is 6.04 Å². The molecule has 7 heteroatoms. The van der Waals surface area contributed by atoms with Crippen LogP contribution in [0.1, 0.15) is 23.2 Å². The summed E-state index contributed by atoms with van der Waals surface area (Å²) in [6.07, 6.45) is 0.0956. The highest BCUT2D eigenvalue weighted by atomic mass is 16.5. The van der Waals surface area contributed by atoms with Crippen molar-refractivity contribution in [1.29, 1.82) is 0 Å². The highest BCUT2D eigenvalue weighted by Crippen LogP contribution is 2.07. The van der Waals surface area contributed by atoms with Crippen molar-refractivity contribution in [1.82, 2.24) is 5.32 Å². The number of nitrogens with two attached hydrogens (primary N) is 1. The topological polar surface area (TPSA) is 108 Å². The minimum Gasteiger partial charge on any atom is -0.469 e. The average molecular weight is 294 g/mol. The summed E-state index contributed by atoms with van der Waals surface area (Å²) in [4.78, 5) is 34.8. The van der Waals surface area contributed by atoms with E-state index in [9.17, 15) is 14.4 Å². The maximum Gasteiger partial charge on any atom is 0.328 e. The molecule has 0 aromatic heterocycles. The number of esters is 2. The molecule has 21 heavy (non-hydrogen) atoms. The van der Waals surface area contributed by atoms with Crippen molar-refractivity contribution in [2.24, 2.45) is 0 Å². The molecule has 1 aromatic carbocycles. The summed E-state index contributed by atoms with van der Waals surface area (Å²) >= 11 is 0. The number of ether oxygens (including phenoxy) is 2. The van der Waals surface area contributed by atoms with E-state index in [0.717, 1.165) is 0 Å². The second-order valence-corrected chi connectivity index (χ2v) is 4.29. The van der Waals surface area contributed by atoms with E-state index in [2.05, 4.69) is 14.8 Å². The Kier molecular flexibility index (Phi) is 6.19. The Morgan fingerprint density at radius 2 is 1.76 bits per heavy atom. The lowest BCUT2D eigenvalue weighted by Crippen LogP contribution is -2.41. The molecule has 1 amide bonds. The number of methoxy groups -OCH3 is 2. The van der Waals surface area contributed by atoms with Gasteiger partial charge in [-0.05, 0) is 30.7 Å². The molecule has 1 rings (SSSR count). The summed E-state index contributed by atoms with van der Waals surface area (Å²) in [5, 5.41) is 2.52. The molecule has 0 aliphatic heterocycles. The minimum atomic E-state index is -0.917. The van der Waals surface area contributed by atoms with Gasteiger partial charge in [-0.15, -0.1) is 0 Å². The summed E-state index contributed by atoms with van der Waals surface area (Å²) < 4.78 is 9.11. The minimum absolute atomic E-state index is 0.00170. The van der Waals surface area contributed by atoms with Crippen molar-refractivity contribution < 1.29 is 23.9 Å². The second kappa shape index (κ2) is 7.88. The molecule has 0 unspecified atom stereocenters. The van der Waals surface area contributed by atoms with Crippen LogP contribution in [-0.4, -0.2) is 38.1 Å². The Hall–Kier alpha value is -2.57. The molecule has 0 spiro atoms. The third-order valence-corrected chi connectivity index (χ3v) is 2.83. The lowest BCUT2D eigenvalue weighted by molar-refractivity contribution is -0.144. The largest absolute Gasteiger partial charge is 0.469 e. The first kappa shape index (κ1) is 16.5. The van der Waals surface area contributed by atoms with E-state index in [0.29, 0.717) is 11.3 Å². The fraction of sp³-hybridized carbons (Fsp3) is 0.357. The SMILES string of the molecule is COC(=O)CC[C@H](NC(=O)c1ccc(N)cc1)C(=O)OC. The molecular formula is C14H18N2O5. The van der Waals surface area contributed by atoms with Gasteiger partial charge in [-0.1, -0.05) is 0 Å². The fourth-order valence-electron chi connectivity index (χ4n) is 1.63. The van der Waals surface area contributed by atoms with Crippen molar-refractivity contribution in [3.8, 4) is 0 Å². The Balaban J connectivity index is 2.71. The zero-order valence-corrected chi connectivity index (χ0v) is 11.9. The van der Waals surface area contributed by atoms with Crippen LogP contribution < -0.4 is 11.1 Å². The number of hydrogen-bond acceptors (Lipinski definition) is 6. The van der Waals surface area contributed by atoms with Gasteiger partial charge in [0.25, 0.3) is 5.91 Å². The van der Waals surface area contributed by atoms with Gasteiger partial charge < -0.3 is 20.5 Å². The Bertz CT molecular complexity index is 513. The van der Waals surface area contributed by atoms with E-state index in [-0.39, 0.29) is 12.8 Å². The number of amides is 1. The maximum atomic E-state index is 12.0. The van der Waals surface area contributed by atoms with Crippen LogP contribution in [0, 0.1) is 0 Å². The Morgan fingerprint density at radius 3 is 2.29 bits per heavy atom. The molecule has 0 bridgehead atoms. The quantitative estimate of drug-likeness (QED) is 0.584. The molecule has 0 saturated carbocycles. The van der Waals surface area contributed by atoms with Crippen molar-refractivity contribution >= 4 is 23.5 Å². The van der Waals surface area contributed by atoms with Crippen LogP contribution in [-0.2, 0) is 19.1 Å². The third kappa shape index (κ3) is 5.13. The summed E-state index contributed by atoms with van der Waals surface area (Å²) in [6.45, 7) is 0. The van der Waals surface area contributed by atoms with E-state index < -0.39 is 23.9 Å². The fourth-order valence-corrected chi connectivity index (χ4v) is 1.63. The molecule has 1 aromatic rings. The molecule has 3 N–H and O–H groups in total. The van der Waals surface area contributed by atoms with Crippen LogP contribution in [0.2, 0.25) is 0 Å². The van der Waals surface area contributed by atoms with Crippen molar-refractivity contribution in [2.45, 2.75) is 18.9 Å². The molecule has 0 aliphatic rings. The van der Waals surface area contributed by atoms with Crippen molar-refractivity contribution in [3.63, 3.8) is 0 Å². The predicted molar refractivity (Wildman–Crippen MR) is 75.4 cm³/mol. The zero-order valence-electron chi connectivity index (χ0n) is 11.9. The molecule has 0 aliphatic carbocycles. The molecule has 0 fully saturated rings. The summed E-state index contributed by atoms with van der Waals surface area (Å²) in [6, 6.07) is 5.32. The van der Waals surface area contributed by atoms with Crippen LogP contribution in [0.25, 0.3) is 0 Å². The highest BCUT2D eigenvalue weighted by Gasteiger charge is 2.23. The smallest absolute Gasteiger partial charge is 0.328 e. The maximum absolute atomic E-state index is 12.0. The summed E-state index contributed by atoms with van der Waals surface area (Å²) in [5.74, 6) is -1.54. The van der Waals surface area contributed by atoms with Gasteiger partial charge in [-0.2, -0.15) is 0 Å². The zero-order chi connectivity index (χ0) is 15.8. The number of carbonyl (C=O) groups excluding carboxylic acids is 3. The van der Waals surface area contributed by atoms with Gasteiger partial charge in [0.15, 0.2) is 0 Å². The number of carbonyl (C=O) groups is 3. The Labute approximate surface area is 122 Å². The lowest BCUT2D eigenvalue weighted by Gasteiger charge is -2.16. The molecule has 0 heterocycles. The number of anilines is 1. The lowest BCUT2D eigenvalue weighted by atomic mass is 10.1. The van der Waals surface area contributed by atoms with E-state index in [1.807, 2.05) is 0 Å². The van der Waals surface area contributed by atoms with Gasteiger partial charge in [0, 0.05) is 17.7 Å². The summed E-state index contributed by atoms with van der Waals surface area (Å²) in [5.41, 5.74) is 6.42. The van der Waals surface area contributed by atoms with Gasteiger partial charge in [0.05, 0.1) is 14.2 Å². The summed E-state index contributed by atoms with van der Waals surface area (Å²) in [7, 11) is 2.46. The van der Waals surface area contributed by atoms with Crippen LogP contribution in [0.4, 0.5) is 5.69 Å². The molecule has 7 nitrogen and oxygen atoms in total. The molecule has 114 valence electrons. The Morgan fingerprint density at radius 1 is 1.14 bits per heavy atom. The monoisotopic (exact) mass is 294 g/mol. The number of rotatable bonds is 6. The molecular weight excluding hydrogens is 276 g/mol. The average Bonchev–Trinajstić information content (AvgIpc) is 2.50. The van der Waals surface area contributed by atoms with Crippen LogP contribution in [0.5, 0.6) is 0 Å². The van der Waals surface area contributed by atoms with Gasteiger partial charge in [0.2, 0.25) is 0 Å². The third-order valence-electron chi connectivity index (χ3n) is 2.83. The standard InChI is InChI=1S/C14H18N2O5/c1-20-12(17)8-7-11(14(19)21-2)16-13(18)9-3-5-10(15)6-4-9/h3-6,11H,7-8,15H2,1-2H3,(H,16,18)/t11-/m0/s1. The predicted octanol–water partition coefficient (Wildman–Crippen LogP) is 0.493. The van der Waals surface area contributed by atoms with Gasteiger partial charge >= 0.3 is 11.9 Å². The number of hydrogen-bond donors (Lipinski definition) is 2. The van der Waals surface area contributed by atoms with E-state index in [4.69, 9.17) is 5.73 Å². The molecule has 0 saturated heterocycles. The second-order valence-electron chi connectivity index (χ2n) is 4.29. The van der Waals surface area contributed by atoms with E-state index in [1.165, 1.54) is 14.2 Å². The van der Waals surface area contributed by atoms with Gasteiger partial charge in [-0.3, -0.25) is 9.59 Å². The van der Waals surface area contributed by atoms with Crippen LogP contribution >= 0.6 is 0 Å². The van der Waals surface area contributed by atoms with Gasteiger partial charge in [-0.25, -0.2) is 4.79 Å². The van der Waals surface area contributed by atoms with E-state index >= 15 is 0 Å². The number of benzene rings is 1. The normalized spacial score (nSPS) is 11.3. The molecule has 0 radical (unpaired) electrons. The van der Waals surface area contributed by atoms with Crippen molar-refractivity contribution in [2.75, 3.05) is 20.0 Å². The molecule has 1 atom stereocenters. The van der Waals surface area contributed by atoms with Crippen molar-refractivity contribution in [3.05, 3.63) is 29.8 Å². The highest BCUT2D eigenvalue weighted by molar-refractivity contribution is 5.97. The van der Waals surface area contributed by atoms with Crippen LogP contribution in [0.3, 0.4) is 0 Å². The first-order valence-electron chi connectivity index (χ1n) is 6.29. The number of nitrogens with one attached hydrogen (secondary N) is 1. The van der Waals surface area contributed by atoms with Crippen LogP contribution in [0.15, 0.2) is 24.3 Å².